The summed E-state index contributed by atoms with van der Waals surface area (Å²) in [4.78, 5) is 10.0. The zero-order valence-corrected chi connectivity index (χ0v) is 6.68. The molecule has 7 N–H and O–H groups in total. The van der Waals surface area contributed by atoms with Gasteiger partial charge in [-0.15, -0.1) is 6.58 Å². The molecule has 62 valence electrons. The summed E-state index contributed by atoms with van der Waals surface area (Å²) in [5.41, 5.74) is 0. The van der Waals surface area contributed by atoms with Gasteiger partial charge in [0.2, 0.25) is 0 Å². The highest BCUT2D eigenvalue weighted by Crippen LogP contribution is 1.98. The Bertz CT molecular complexity index is 108. The Morgan fingerprint density at radius 1 is 1.70 bits per heavy atom. The zero-order valence-electron chi connectivity index (χ0n) is 5.79. The van der Waals surface area contributed by atoms with Gasteiger partial charge in [-0.1, -0.05) is 6.08 Å². The minimum atomic E-state index is -0.866. The van der Waals surface area contributed by atoms with Crippen molar-refractivity contribution in [2.24, 2.45) is 5.92 Å². The molecule has 0 radical (unpaired) electrons. The molecule has 5 heteroatoms. The van der Waals surface area contributed by atoms with Crippen LogP contribution in [0.15, 0.2) is 12.7 Å². The predicted octanol–water partition coefficient (Wildman–Crippen LogP) is 1.13. The van der Waals surface area contributed by atoms with Gasteiger partial charge >= 0.3 is 5.97 Å². The Labute approximate surface area is 65.9 Å². The maximum Gasteiger partial charge on any atom is 0.311 e. The Hall–Kier alpha value is -0.520. The molecule has 0 heterocycles. The van der Waals surface area contributed by atoms with Crippen LogP contribution >= 0.6 is 12.6 Å². The van der Waals surface area contributed by atoms with Crippen LogP contribution in [-0.4, -0.2) is 16.8 Å². The van der Waals surface area contributed by atoms with E-state index in [9.17, 15) is 4.79 Å². The topological polar surface area (TPSA) is 107 Å². The van der Waals surface area contributed by atoms with Crippen molar-refractivity contribution in [1.82, 2.24) is 12.3 Å². The van der Waals surface area contributed by atoms with Gasteiger partial charge in [0.05, 0.1) is 5.92 Å². The number of carboxylic acid groups (broad SMARTS) is 1. The average Bonchev–Trinajstić information content (AvgIpc) is 1.69. The molecule has 0 saturated heterocycles. The summed E-state index contributed by atoms with van der Waals surface area (Å²) >= 11 is 3.78. The predicted molar refractivity (Wildman–Crippen MR) is 45.2 cm³/mol. The molecule has 0 fully saturated rings. The monoisotopic (exact) mass is 166 g/mol. The molecule has 0 aliphatic heterocycles. The van der Waals surface area contributed by atoms with Crippen LogP contribution in [0.25, 0.3) is 0 Å². The molecule has 1 unspecified atom stereocenters. The van der Waals surface area contributed by atoms with Crippen LogP contribution in [0.4, 0.5) is 0 Å². The Morgan fingerprint density at radius 2 is 2.10 bits per heavy atom. The molecule has 0 amide bonds. The number of hydrogen-bond acceptors (Lipinski definition) is 4. The second-order valence-corrected chi connectivity index (χ2v) is 1.73. The van der Waals surface area contributed by atoms with E-state index in [1.165, 1.54) is 6.08 Å². The number of rotatable bonds is 3. The standard InChI is InChI=1S/C5H8O2S.2H3N/c1-2-4(3-8)5(6)7;;/h2,4,8H,1,3H2,(H,6,7);2*1H3. The summed E-state index contributed by atoms with van der Waals surface area (Å²) in [6.07, 6.45) is 1.37. The number of carbonyl (C=O) groups is 1. The smallest absolute Gasteiger partial charge is 0.311 e. The minimum Gasteiger partial charge on any atom is -0.481 e. The van der Waals surface area contributed by atoms with Crippen LogP contribution in [-0.2, 0) is 4.79 Å². The van der Waals surface area contributed by atoms with Gasteiger partial charge in [0.25, 0.3) is 0 Å². The van der Waals surface area contributed by atoms with E-state index in [0.29, 0.717) is 5.75 Å². The molecule has 10 heavy (non-hydrogen) atoms. The van der Waals surface area contributed by atoms with Gasteiger partial charge in [-0.05, 0) is 0 Å². The lowest BCUT2D eigenvalue weighted by molar-refractivity contribution is -0.139. The molecule has 0 aromatic carbocycles. The summed E-state index contributed by atoms with van der Waals surface area (Å²) in [6, 6.07) is 0. The maximum atomic E-state index is 10.0. The average molecular weight is 166 g/mol. The SMILES string of the molecule is C=CC(CS)C(=O)O.N.N. The third-order valence-corrected chi connectivity index (χ3v) is 1.19. The lowest BCUT2D eigenvalue weighted by Crippen LogP contribution is -2.11. The van der Waals surface area contributed by atoms with E-state index in [2.05, 4.69) is 19.2 Å². The first kappa shape index (κ1) is 16.2. The van der Waals surface area contributed by atoms with Crippen molar-refractivity contribution in [2.75, 3.05) is 5.75 Å². The minimum absolute atomic E-state index is 0. The molecule has 0 spiro atoms. The molecular weight excluding hydrogens is 152 g/mol. The number of carboxylic acids is 1. The molecule has 0 aromatic rings. The van der Waals surface area contributed by atoms with Crippen LogP contribution in [0.3, 0.4) is 0 Å². The van der Waals surface area contributed by atoms with Crippen LogP contribution in [0.1, 0.15) is 0 Å². The molecule has 0 aliphatic carbocycles. The number of thiol groups is 1. The molecule has 0 aliphatic rings. The molecule has 0 bridgehead atoms. The van der Waals surface area contributed by atoms with Crippen LogP contribution in [0.5, 0.6) is 0 Å². The van der Waals surface area contributed by atoms with Gasteiger partial charge in [-0.2, -0.15) is 12.6 Å². The number of aliphatic carboxylic acids is 1. The highest BCUT2D eigenvalue weighted by Gasteiger charge is 2.08. The fraction of sp³-hybridized carbons (Fsp3) is 0.400. The second-order valence-electron chi connectivity index (χ2n) is 1.36. The van der Waals surface area contributed by atoms with E-state index >= 15 is 0 Å². The fourth-order valence-electron chi connectivity index (χ4n) is 0.253. The normalized spacial score (nSPS) is 10.1. The second kappa shape index (κ2) is 8.48. The van der Waals surface area contributed by atoms with E-state index in [1.54, 1.807) is 0 Å². The fourth-order valence-corrected chi connectivity index (χ4v) is 0.559. The van der Waals surface area contributed by atoms with Gasteiger partial charge in [-0.25, -0.2) is 0 Å². The van der Waals surface area contributed by atoms with E-state index < -0.39 is 11.9 Å². The van der Waals surface area contributed by atoms with Crippen LogP contribution in [0.2, 0.25) is 0 Å². The van der Waals surface area contributed by atoms with Crippen LogP contribution in [0, 0.1) is 5.92 Å². The first-order valence-corrected chi connectivity index (χ1v) is 2.81. The molecule has 1 atom stereocenters. The summed E-state index contributed by atoms with van der Waals surface area (Å²) in [5.74, 6) is -1.05. The Balaban J connectivity index is -0.000000245. The van der Waals surface area contributed by atoms with Crippen molar-refractivity contribution in [3.05, 3.63) is 12.7 Å². The summed E-state index contributed by atoms with van der Waals surface area (Å²) < 4.78 is 0. The zero-order chi connectivity index (χ0) is 6.57. The van der Waals surface area contributed by atoms with E-state index in [-0.39, 0.29) is 12.3 Å². The largest absolute Gasteiger partial charge is 0.481 e. The van der Waals surface area contributed by atoms with Crippen molar-refractivity contribution in [3.63, 3.8) is 0 Å². The summed E-state index contributed by atoms with van der Waals surface area (Å²) in [5, 5.41) is 8.25. The van der Waals surface area contributed by atoms with Crippen molar-refractivity contribution in [1.29, 1.82) is 0 Å². The van der Waals surface area contributed by atoms with Crippen molar-refractivity contribution < 1.29 is 9.90 Å². The van der Waals surface area contributed by atoms with E-state index in [0.717, 1.165) is 0 Å². The van der Waals surface area contributed by atoms with E-state index in [1.807, 2.05) is 0 Å². The lowest BCUT2D eigenvalue weighted by Gasteiger charge is -1.98. The van der Waals surface area contributed by atoms with Gasteiger partial charge in [-0.3, -0.25) is 4.79 Å². The van der Waals surface area contributed by atoms with Crippen molar-refractivity contribution in [2.45, 2.75) is 0 Å². The summed E-state index contributed by atoms with van der Waals surface area (Å²) in [7, 11) is 0. The van der Waals surface area contributed by atoms with Gasteiger partial charge < -0.3 is 17.4 Å². The van der Waals surface area contributed by atoms with Gasteiger partial charge in [0.15, 0.2) is 0 Å². The third kappa shape index (κ3) is 5.61. The molecule has 0 rings (SSSR count). The molecule has 0 aromatic heterocycles. The first-order valence-electron chi connectivity index (χ1n) is 2.18. The quantitative estimate of drug-likeness (QED) is 0.372. The highest BCUT2D eigenvalue weighted by atomic mass is 32.1. The van der Waals surface area contributed by atoms with E-state index in [4.69, 9.17) is 5.11 Å². The molecule has 4 nitrogen and oxygen atoms in total. The lowest BCUT2D eigenvalue weighted by atomic mass is 10.2. The van der Waals surface area contributed by atoms with Gasteiger partial charge in [0, 0.05) is 5.75 Å². The van der Waals surface area contributed by atoms with Crippen molar-refractivity contribution in [3.8, 4) is 0 Å². The molecule has 0 saturated carbocycles. The maximum absolute atomic E-state index is 10.0. The Morgan fingerprint density at radius 3 is 2.10 bits per heavy atom. The van der Waals surface area contributed by atoms with Crippen LogP contribution < -0.4 is 12.3 Å². The van der Waals surface area contributed by atoms with Gasteiger partial charge in [0.1, 0.15) is 0 Å². The highest BCUT2D eigenvalue weighted by molar-refractivity contribution is 7.80. The first-order chi connectivity index (χ1) is 3.72. The Kier molecular flexibility index (Phi) is 13.8. The molecular formula is C5H14N2O2S. The van der Waals surface area contributed by atoms with Crippen molar-refractivity contribution >= 4 is 18.6 Å². The number of hydrogen-bond donors (Lipinski definition) is 4. The summed E-state index contributed by atoms with van der Waals surface area (Å²) in [6.45, 7) is 3.32. The third-order valence-electron chi connectivity index (χ3n) is 0.798.